The first-order valence-corrected chi connectivity index (χ1v) is 13.0. The highest BCUT2D eigenvalue weighted by Crippen LogP contribution is 2.39. The lowest BCUT2D eigenvalue weighted by molar-refractivity contribution is -0.128. The number of nitrogens with zero attached hydrogens (tertiary/aromatic N) is 5. The molecule has 39 heavy (non-hydrogen) atoms. The Labute approximate surface area is 228 Å². The first kappa shape index (κ1) is 28.1. The topological polar surface area (TPSA) is 112 Å². The van der Waals surface area contributed by atoms with E-state index in [1.165, 1.54) is 13.0 Å². The van der Waals surface area contributed by atoms with Gasteiger partial charge in [0.15, 0.2) is 0 Å². The number of aromatic nitrogens is 2. The third-order valence-electron chi connectivity index (χ3n) is 7.12. The molecule has 0 bridgehead atoms. The third kappa shape index (κ3) is 6.75. The maximum Gasteiger partial charge on any atom is 0.255 e. The van der Waals surface area contributed by atoms with E-state index < -0.39 is 5.82 Å². The number of halogens is 1. The van der Waals surface area contributed by atoms with E-state index in [9.17, 15) is 14.0 Å². The molecular formula is C27H36FN7O4. The minimum Gasteiger partial charge on any atom is -0.494 e. The Balaban J connectivity index is 1.58. The normalized spacial score (nSPS) is 17.7. The standard InChI is InChI=1S/C27H36FN7O4/c1-6-25(37)30-21-13-22(24(38-5)14-23(21)34-10-7-18(8-11-34)33(3)4)31-27-29-15-20(28)26(32-27)39-19-9-12-35(16-19)17(2)36/h6,13-15,18-19H,1,7-12,16H2,2-5H3,(H,30,37)(H,29,31,32)/t19-/m0/s1. The van der Waals surface area contributed by atoms with Crippen LogP contribution in [-0.4, -0.2) is 91.1 Å². The Bertz CT molecular complexity index is 1220. The number of carbonyl (C=O) groups is 2. The van der Waals surface area contributed by atoms with Crippen LogP contribution in [0, 0.1) is 5.82 Å². The summed E-state index contributed by atoms with van der Waals surface area (Å²) < 4.78 is 25.9. The second kappa shape index (κ2) is 12.3. The Morgan fingerprint density at radius 3 is 2.54 bits per heavy atom. The largest absolute Gasteiger partial charge is 0.494 e. The van der Waals surface area contributed by atoms with Crippen LogP contribution in [0.15, 0.2) is 31.0 Å². The van der Waals surface area contributed by atoms with Crippen LogP contribution >= 0.6 is 0 Å². The first-order valence-electron chi connectivity index (χ1n) is 13.0. The molecule has 2 aliphatic heterocycles. The van der Waals surface area contributed by atoms with Gasteiger partial charge in [-0.25, -0.2) is 4.98 Å². The zero-order valence-corrected chi connectivity index (χ0v) is 22.9. The fourth-order valence-corrected chi connectivity index (χ4v) is 4.89. The molecule has 2 fully saturated rings. The maximum atomic E-state index is 14.5. The van der Waals surface area contributed by atoms with Crippen molar-refractivity contribution in [3.8, 4) is 11.6 Å². The van der Waals surface area contributed by atoms with Crippen molar-refractivity contribution in [2.24, 2.45) is 0 Å². The number of likely N-dealkylation sites (tertiary alicyclic amines) is 1. The number of ether oxygens (including phenoxy) is 2. The van der Waals surface area contributed by atoms with Crippen LogP contribution in [0.1, 0.15) is 26.2 Å². The van der Waals surface area contributed by atoms with Gasteiger partial charge in [-0.3, -0.25) is 9.59 Å². The summed E-state index contributed by atoms with van der Waals surface area (Å²) in [6, 6.07) is 4.09. The smallest absolute Gasteiger partial charge is 0.255 e. The van der Waals surface area contributed by atoms with E-state index in [0.29, 0.717) is 42.7 Å². The van der Waals surface area contributed by atoms with Crippen molar-refractivity contribution in [1.29, 1.82) is 0 Å². The average molecular weight is 542 g/mol. The lowest BCUT2D eigenvalue weighted by Crippen LogP contribution is -2.42. The number of rotatable bonds is 9. The zero-order chi connectivity index (χ0) is 28.1. The quantitative estimate of drug-likeness (QED) is 0.463. The van der Waals surface area contributed by atoms with Crippen molar-refractivity contribution in [2.45, 2.75) is 38.3 Å². The Hall–Kier alpha value is -3.93. The van der Waals surface area contributed by atoms with Crippen molar-refractivity contribution in [2.75, 3.05) is 62.9 Å². The van der Waals surface area contributed by atoms with Gasteiger partial charge < -0.3 is 34.8 Å². The molecule has 12 heteroatoms. The molecule has 0 unspecified atom stereocenters. The number of piperidine rings is 1. The lowest BCUT2D eigenvalue weighted by atomic mass is 10.0. The summed E-state index contributed by atoms with van der Waals surface area (Å²) in [4.78, 5) is 38.3. The van der Waals surface area contributed by atoms with Crippen LogP contribution in [0.2, 0.25) is 0 Å². The average Bonchev–Trinajstić information content (AvgIpc) is 3.40. The number of anilines is 4. The van der Waals surface area contributed by atoms with Gasteiger partial charge in [0.05, 0.1) is 36.9 Å². The molecule has 3 heterocycles. The number of methoxy groups -OCH3 is 1. The lowest BCUT2D eigenvalue weighted by Gasteiger charge is -2.37. The zero-order valence-electron chi connectivity index (χ0n) is 22.9. The molecule has 2 aliphatic rings. The number of amides is 2. The van der Waals surface area contributed by atoms with Gasteiger partial charge in [-0.15, -0.1) is 0 Å². The van der Waals surface area contributed by atoms with Gasteiger partial charge >= 0.3 is 0 Å². The highest BCUT2D eigenvalue weighted by molar-refractivity contribution is 6.02. The maximum absolute atomic E-state index is 14.5. The van der Waals surface area contributed by atoms with Gasteiger partial charge in [0.25, 0.3) is 5.88 Å². The monoisotopic (exact) mass is 541 g/mol. The summed E-state index contributed by atoms with van der Waals surface area (Å²) in [5.74, 6) is -0.720. The SMILES string of the molecule is C=CC(=O)Nc1cc(Nc2ncc(F)c(O[C@H]3CCN(C(C)=O)C3)n2)c(OC)cc1N1CCC(N(C)C)CC1. The number of hydrogen-bond acceptors (Lipinski definition) is 9. The van der Waals surface area contributed by atoms with E-state index in [2.05, 4.69) is 51.1 Å². The molecule has 0 spiro atoms. The Kier molecular flexibility index (Phi) is 8.85. The molecule has 2 N–H and O–H groups in total. The molecule has 0 radical (unpaired) electrons. The summed E-state index contributed by atoms with van der Waals surface area (Å²) in [6.07, 6.45) is 4.43. The van der Waals surface area contributed by atoms with Crippen LogP contribution in [0.5, 0.6) is 11.6 Å². The summed E-state index contributed by atoms with van der Waals surface area (Å²) in [6.45, 7) is 7.61. The van der Waals surface area contributed by atoms with Gasteiger partial charge in [0, 0.05) is 45.1 Å². The van der Waals surface area contributed by atoms with Crippen molar-refractivity contribution in [1.82, 2.24) is 19.8 Å². The molecule has 2 amide bonds. The van der Waals surface area contributed by atoms with Gasteiger partial charge in [0.2, 0.25) is 23.6 Å². The van der Waals surface area contributed by atoms with Crippen LogP contribution in [0.4, 0.5) is 27.4 Å². The number of benzene rings is 1. The fraction of sp³-hybridized carbons (Fsp3) is 0.481. The molecule has 2 aromatic rings. The predicted molar refractivity (Wildman–Crippen MR) is 147 cm³/mol. The van der Waals surface area contributed by atoms with E-state index in [4.69, 9.17) is 9.47 Å². The molecule has 1 atom stereocenters. The highest BCUT2D eigenvalue weighted by Gasteiger charge is 2.28. The second-order valence-corrected chi connectivity index (χ2v) is 9.91. The minimum atomic E-state index is -0.704. The number of hydrogen-bond donors (Lipinski definition) is 2. The predicted octanol–water partition coefficient (Wildman–Crippen LogP) is 3.02. The molecule has 11 nitrogen and oxygen atoms in total. The molecule has 0 saturated carbocycles. The molecule has 0 aliphatic carbocycles. The Morgan fingerprint density at radius 1 is 1.18 bits per heavy atom. The van der Waals surface area contributed by atoms with Crippen molar-refractivity contribution < 1.29 is 23.5 Å². The fourth-order valence-electron chi connectivity index (χ4n) is 4.89. The van der Waals surface area contributed by atoms with E-state index >= 15 is 0 Å². The van der Waals surface area contributed by atoms with Crippen molar-refractivity contribution in [3.05, 3.63) is 36.8 Å². The third-order valence-corrected chi connectivity index (χ3v) is 7.12. The second-order valence-electron chi connectivity index (χ2n) is 9.91. The van der Waals surface area contributed by atoms with Gasteiger partial charge in [-0.1, -0.05) is 6.58 Å². The summed E-state index contributed by atoms with van der Waals surface area (Å²) in [5.41, 5.74) is 1.87. The van der Waals surface area contributed by atoms with Crippen molar-refractivity contribution >= 4 is 34.8 Å². The molecule has 4 rings (SSSR count). The van der Waals surface area contributed by atoms with Crippen LogP contribution < -0.4 is 25.0 Å². The van der Waals surface area contributed by atoms with Crippen LogP contribution in [0.25, 0.3) is 0 Å². The summed E-state index contributed by atoms with van der Waals surface area (Å²) in [7, 11) is 5.72. The highest BCUT2D eigenvalue weighted by atomic mass is 19.1. The summed E-state index contributed by atoms with van der Waals surface area (Å²) in [5, 5.41) is 5.95. The molecule has 210 valence electrons. The van der Waals surface area contributed by atoms with E-state index in [1.54, 1.807) is 18.1 Å². The molecular weight excluding hydrogens is 505 g/mol. The number of carbonyl (C=O) groups excluding carboxylic acids is 2. The molecule has 2 saturated heterocycles. The van der Waals surface area contributed by atoms with Gasteiger partial charge in [-0.05, 0) is 39.1 Å². The van der Waals surface area contributed by atoms with Crippen LogP contribution in [0.3, 0.4) is 0 Å². The molecule has 1 aromatic heterocycles. The number of nitrogens with one attached hydrogen (secondary N) is 2. The Morgan fingerprint density at radius 2 is 1.92 bits per heavy atom. The van der Waals surface area contributed by atoms with E-state index in [-0.39, 0.29) is 29.7 Å². The van der Waals surface area contributed by atoms with E-state index in [0.717, 1.165) is 37.8 Å². The van der Waals surface area contributed by atoms with Crippen molar-refractivity contribution in [3.63, 3.8) is 0 Å². The minimum absolute atomic E-state index is 0.0522. The summed E-state index contributed by atoms with van der Waals surface area (Å²) >= 11 is 0. The van der Waals surface area contributed by atoms with E-state index in [1.807, 2.05) is 6.07 Å². The van der Waals surface area contributed by atoms with Crippen LogP contribution in [-0.2, 0) is 9.59 Å². The van der Waals surface area contributed by atoms with Gasteiger partial charge in [0.1, 0.15) is 11.9 Å². The van der Waals surface area contributed by atoms with Gasteiger partial charge in [-0.2, -0.15) is 9.37 Å². The first-order chi connectivity index (χ1) is 18.7. The molecule has 1 aromatic carbocycles.